The third-order valence-corrected chi connectivity index (χ3v) is 1.18. The summed E-state index contributed by atoms with van der Waals surface area (Å²) in [6, 6.07) is 0. The van der Waals surface area contributed by atoms with Crippen molar-refractivity contribution >= 4 is 0 Å². The molecule has 0 unspecified atom stereocenters. The van der Waals surface area contributed by atoms with Gasteiger partial charge in [0.15, 0.2) is 0 Å². The molecule has 0 aliphatic rings. The summed E-state index contributed by atoms with van der Waals surface area (Å²) >= 11 is 0. The van der Waals surface area contributed by atoms with Crippen molar-refractivity contribution in [2.75, 3.05) is 6.54 Å². The molecule has 0 aliphatic heterocycles. The first kappa shape index (κ1) is 8.54. The van der Waals surface area contributed by atoms with E-state index >= 15 is 0 Å². The van der Waals surface area contributed by atoms with E-state index in [1.54, 1.807) is 0 Å². The Labute approximate surface area is 58.2 Å². The van der Waals surface area contributed by atoms with Crippen LogP contribution in [-0.4, -0.2) is 6.54 Å². The van der Waals surface area contributed by atoms with Gasteiger partial charge < -0.3 is 5.32 Å². The second kappa shape index (κ2) is 5.67. The van der Waals surface area contributed by atoms with E-state index in [1.165, 1.54) is 18.5 Å². The standard InChI is InChI=1S/C8H17N/c1-4-6-8(3)9-7-5-2/h9H,3-7H2,1-2H3. The van der Waals surface area contributed by atoms with Crippen LogP contribution in [0.5, 0.6) is 0 Å². The average Bonchev–Trinajstić information content (AvgIpc) is 1.85. The Morgan fingerprint density at radius 3 is 2.44 bits per heavy atom. The summed E-state index contributed by atoms with van der Waals surface area (Å²) in [7, 11) is 0. The van der Waals surface area contributed by atoms with Crippen molar-refractivity contribution in [3.63, 3.8) is 0 Å². The summed E-state index contributed by atoms with van der Waals surface area (Å²) in [4.78, 5) is 0. The van der Waals surface area contributed by atoms with E-state index in [9.17, 15) is 0 Å². The summed E-state index contributed by atoms with van der Waals surface area (Å²) in [5.41, 5.74) is 1.18. The van der Waals surface area contributed by atoms with Gasteiger partial charge in [0.1, 0.15) is 0 Å². The third-order valence-electron chi connectivity index (χ3n) is 1.18. The van der Waals surface area contributed by atoms with Crippen LogP contribution in [0.25, 0.3) is 0 Å². The molecule has 0 atom stereocenters. The van der Waals surface area contributed by atoms with Crippen molar-refractivity contribution in [1.82, 2.24) is 5.32 Å². The lowest BCUT2D eigenvalue weighted by Gasteiger charge is -2.05. The van der Waals surface area contributed by atoms with Gasteiger partial charge in [-0.25, -0.2) is 0 Å². The lowest BCUT2D eigenvalue weighted by atomic mass is 10.3. The van der Waals surface area contributed by atoms with E-state index in [0.29, 0.717) is 0 Å². The van der Waals surface area contributed by atoms with Gasteiger partial charge >= 0.3 is 0 Å². The Morgan fingerprint density at radius 1 is 1.33 bits per heavy atom. The van der Waals surface area contributed by atoms with Gasteiger partial charge in [-0.3, -0.25) is 0 Å². The van der Waals surface area contributed by atoms with Gasteiger partial charge in [0.25, 0.3) is 0 Å². The van der Waals surface area contributed by atoms with Crippen LogP contribution >= 0.6 is 0 Å². The number of allylic oxidation sites excluding steroid dienone is 1. The Bertz CT molecular complexity index is 76.6. The van der Waals surface area contributed by atoms with E-state index in [1.807, 2.05) is 0 Å². The number of hydrogen-bond acceptors (Lipinski definition) is 1. The van der Waals surface area contributed by atoms with Crippen LogP contribution in [0.4, 0.5) is 0 Å². The van der Waals surface area contributed by atoms with E-state index in [2.05, 4.69) is 25.7 Å². The van der Waals surface area contributed by atoms with Crippen molar-refractivity contribution in [3.8, 4) is 0 Å². The fraction of sp³-hybridized carbons (Fsp3) is 0.750. The van der Waals surface area contributed by atoms with E-state index < -0.39 is 0 Å². The van der Waals surface area contributed by atoms with Crippen LogP contribution in [-0.2, 0) is 0 Å². The minimum absolute atomic E-state index is 1.07. The monoisotopic (exact) mass is 127 g/mol. The molecule has 0 heterocycles. The predicted molar refractivity (Wildman–Crippen MR) is 42.3 cm³/mol. The number of rotatable bonds is 5. The molecule has 0 aromatic rings. The fourth-order valence-electron chi connectivity index (χ4n) is 0.692. The molecular weight excluding hydrogens is 110 g/mol. The van der Waals surface area contributed by atoms with Crippen molar-refractivity contribution in [1.29, 1.82) is 0 Å². The van der Waals surface area contributed by atoms with Gasteiger partial charge in [-0.1, -0.05) is 26.8 Å². The maximum absolute atomic E-state index is 3.87. The third kappa shape index (κ3) is 5.41. The topological polar surface area (TPSA) is 12.0 Å². The van der Waals surface area contributed by atoms with Gasteiger partial charge in [0, 0.05) is 12.2 Å². The SMILES string of the molecule is C=C(CCC)NCCC. The first-order valence-electron chi connectivity index (χ1n) is 3.72. The van der Waals surface area contributed by atoms with Crippen molar-refractivity contribution < 1.29 is 0 Å². The summed E-state index contributed by atoms with van der Waals surface area (Å²) in [6.45, 7) is 9.26. The Morgan fingerprint density at radius 2 is 2.00 bits per heavy atom. The second-order valence-corrected chi connectivity index (χ2v) is 2.28. The van der Waals surface area contributed by atoms with E-state index in [-0.39, 0.29) is 0 Å². The molecule has 0 spiro atoms. The van der Waals surface area contributed by atoms with Crippen molar-refractivity contribution in [2.45, 2.75) is 33.1 Å². The molecule has 0 saturated carbocycles. The highest BCUT2D eigenvalue weighted by molar-refractivity contribution is 4.89. The largest absolute Gasteiger partial charge is 0.389 e. The minimum Gasteiger partial charge on any atom is -0.389 e. The molecule has 1 nitrogen and oxygen atoms in total. The van der Waals surface area contributed by atoms with Gasteiger partial charge in [-0.2, -0.15) is 0 Å². The summed E-state index contributed by atoms with van der Waals surface area (Å²) in [5.74, 6) is 0. The molecule has 1 N–H and O–H groups in total. The Hall–Kier alpha value is -0.460. The fourth-order valence-corrected chi connectivity index (χ4v) is 0.692. The normalized spacial score (nSPS) is 9.11. The van der Waals surface area contributed by atoms with Crippen molar-refractivity contribution in [2.24, 2.45) is 0 Å². The molecule has 9 heavy (non-hydrogen) atoms. The molecule has 0 rings (SSSR count). The molecule has 0 bridgehead atoms. The molecule has 0 saturated heterocycles. The molecule has 0 fully saturated rings. The maximum atomic E-state index is 3.87. The number of nitrogens with one attached hydrogen (secondary N) is 1. The second-order valence-electron chi connectivity index (χ2n) is 2.28. The minimum atomic E-state index is 1.07. The summed E-state index contributed by atoms with van der Waals surface area (Å²) in [5, 5.41) is 3.24. The lowest BCUT2D eigenvalue weighted by molar-refractivity contribution is 0.720. The van der Waals surface area contributed by atoms with Gasteiger partial charge in [0.2, 0.25) is 0 Å². The molecule has 0 aliphatic carbocycles. The number of hydrogen-bond donors (Lipinski definition) is 1. The lowest BCUT2D eigenvalue weighted by Crippen LogP contribution is -2.12. The van der Waals surface area contributed by atoms with Crippen LogP contribution in [0, 0.1) is 0 Å². The van der Waals surface area contributed by atoms with Crippen LogP contribution in [0.1, 0.15) is 33.1 Å². The van der Waals surface area contributed by atoms with E-state index in [4.69, 9.17) is 0 Å². The smallest absolute Gasteiger partial charge is 0.0141 e. The Kier molecular flexibility index (Phi) is 5.38. The summed E-state index contributed by atoms with van der Waals surface area (Å²) < 4.78 is 0. The average molecular weight is 127 g/mol. The molecule has 54 valence electrons. The first-order valence-corrected chi connectivity index (χ1v) is 3.72. The van der Waals surface area contributed by atoms with Gasteiger partial charge in [0.05, 0.1) is 0 Å². The van der Waals surface area contributed by atoms with Crippen molar-refractivity contribution in [3.05, 3.63) is 12.3 Å². The van der Waals surface area contributed by atoms with E-state index in [0.717, 1.165) is 13.0 Å². The zero-order valence-corrected chi connectivity index (χ0v) is 6.54. The summed E-state index contributed by atoms with van der Waals surface area (Å²) in [6.07, 6.45) is 3.48. The molecule has 0 aromatic heterocycles. The highest BCUT2D eigenvalue weighted by Gasteiger charge is 1.87. The van der Waals surface area contributed by atoms with Gasteiger partial charge in [-0.05, 0) is 12.8 Å². The Balaban J connectivity index is 3.06. The predicted octanol–water partition coefficient (Wildman–Crippen LogP) is 2.30. The first-order chi connectivity index (χ1) is 4.31. The molecule has 0 radical (unpaired) electrons. The molecule has 1 heteroatoms. The molecule has 0 amide bonds. The quantitative estimate of drug-likeness (QED) is 0.597. The molecular formula is C8H17N. The maximum Gasteiger partial charge on any atom is 0.0141 e. The van der Waals surface area contributed by atoms with Gasteiger partial charge in [-0.15, -0.1) is 0 Å². The van der Waals surface area contributed by atoms with Crippen LogP contribution in [0.2, 0.25) is 0 Å². The zero-order chi connectivity index (χ0) is 7.11. The highest BCUT2D eigenvalue weighted by atomic mass is 14.9. The van der Waals surface area contributed by atoms with Crippen LogP contribution in [0.15, 0.2) is 12.3 Å². The zero-order valence-electron chi connectivity index (χ0n) is 6.54. The highest BCUT2D eigenvalue weighted by Crippen LogP contribution is 1.95. The molecule has 0 aromatic carbocycles. The van der Waals surface area contributed by atoms with Crippen LogP contribution < -0.4 is 5.32 Å². The van der Waals surface area contributed by atoms with Crippen LogP contribution in [0.3, 0.4) is 0 Å².